The SMILES string of the molecule is Nc1ccc(S(=O)(=O)Nc2ccc(OCCOCCO)cc2)cc1. The maximum atomic E-state index is 12.3. The van der Waals surface area contributed by atoms with Crippen LogP contribution in [-0.2, 0) is 14.8 Å². The van der Waals surface area contributed by atoms with Gasteiger partial charge in [-0.3, -0.25) is 4.72 Å². The lowest BCUT2D eigenvalue weighted by atomic mass is 10.3. The summed E-state index contributed by atoms with van der Waals surface area (Å²) in [4.78, 5) is 0.137. The number of rotatable bonds is 9. The lowest BCUT2D eigenvalue weighted by molar-refractivity contribution is 0.0705. The van der Waals surface area contributed by atoms with E-state index < -0.39 is 10.0 Å². The summed E-state index contributed by atoms with van der Waals surface area (Å²) in [5, 5.41) is 8.57. The zero-order valence-electron chi connectivity index (χ0n) is 13.0. The molecule has 2 aromatic rings. The molecule has 0 aliphatic heterocycles. The molecule has 7 nitrogen and oxygen atoms in total. The van der Waals surface area contributed by atoms with Crippen LogP contribution in [0.4, 0.5) is 11.4 Å². The summed E-state index contributed by atoms with van der Waals surface area (Å²) in [6.07, 6.45) is 0. The van der Waals surface area contributed by atoms with Gasteiger partial charge in [0, 0.05) is 11.4 Å². The van der Waals surface area contributed by atoms with Gasteiger partial charge in [0.05, 0.1) is 24.7 Å². The van der Waals surface area contributed by atoms with Gasteiger partial charge in [0.1, 0.15) is 12.4 Å². The number of ether oxygens (including phenoxy) is 2. The zero-order chi connectivity index (χ0) is 17.4. The van der Waals surface area contributed by atoms with Crippen LogP contribution in [0.2, 0.25) is 0 Å². The maximum Gasteiger partial charge on any atom is 0.261 e. The summed E-state index contributed by atoms with van der Waals surface area (Å²) in [6, 6.07) is 12.5. The van der Waals surface area contributed by atoms with Crippen LogP contribution in [0, 0.1) is 0 Å². The van der Waals surface area contributed by atoms with E-state index in [1.54, 1.807) is 24.3 Å². The molecule has 0 heterocycles. The fourth-order valence-electron chi connectivity index (χ4n) is 1.87. The van der Waals surface area contributed by atoms with Gasteiger partial charge in [0.25, 0.3) is 10.0 Å². The molecule has 24 heavy (non-hydrogen) atoms. The van der Waals surface area contributed by atoms with E-state index in [9.17, 15) is 8.42 Å². The molecule has 0 saturated carbocycles. The molecule has 0 bridgehead atoms. The molecule has 2 rings (SSSR count). The minimum absolute atomic E-state index is 0.0250. The lowest BCUT2D eigenvalue weighted by Gasteiger charge is -2.10. The van der Waals surface area contributed by atoms with Gasteiger partial charge in [-0.05, 0) is 48.5 Å². The Morgan fingerprint density at radius 1 is 0.958 bits per heavy atom. The van der Waals surface area contributed by atoms with Gasteiger partial charge in [-0.1, -0.05) is 0 Å². The first-order valence-corrected chi connectivity index (χ1v) is 8.79. The second-order valence-corrected chi connectivity index (χ2v) is 6.57. The van der Waals surface area contributed by atoms with Crippen LogP contribution in [0.5, 0.6) is 5.75 Å². The number of aliphatic hydroxyl groups is 1. The van der Waals surface area contributed by atoms with Crippen LogP contribution in [0.1, 0.15) is 0 Å². The minimum Gasteiger partial charge on any atom is -0.491 e. The summed E-state index contributed by atoms with van der Waals surface area (Å²) in [5.41, 5.74) is 6.48. The summed E-state index contributed by atoms with van der Waals surface area (Å²) in [7, 11) is -3.66. The van der Waals surface area contributed by atoms with E-state index in [1.165, 1.54) is 24.3 Å². The van der Waals surface area contributed by atoms with Gasteiger partial charge < -0.3 is 20.3 Å². The van der Waals surface area contributed by atoms with Gasteiger partial charge in [-0.15, -0.1) is 0 Å². The Morgan fingerprint density at radius 3 is 2.25 bits per heavy atom. The minimum atomic E-state index is -3.66. The molecule has 0 atom stereocenters. The summed E-state index contributed by atoms with van der Waals surface area (Å²) in [6.45, 7) is 0.959. The maximum absolute atomic E-state index is 12.3. The number of nitrogen functional groups attached to an aromatic ring is 1. The highest BCUT2D eigenvalue weighted by Crippen LogP contribution is 2.20. The first-order chi connectivity index (χ1) is 11.5. The van der Waals surface area contributed by atoms with Gasteiger partial charge in [0.15, 0.2) is 0 Å². The second kappa shape index (κ2) is 8.53. The Morgan fingerprint density at radius 2 is 1.62 bits per heavy atom. The Hall–Kier alpha value is -2.29. The monoisotopic (exact) mass is 352 g/mol. The summed E-state index contributed by atoms with van der Waals surface area (Å²) >= 11 is 0. The molecular formula is C16H20N2O5S. The normalized spacial score (nSPS) is 11.2. The Bertz CT molecular complexity index is 730. The average molecular weight is 352 g/mol. The van der Waals surface area contributed by atoms with E-state index >= 15 is 0 Å². The highest BCUT2D eigenvalue weighted by atomic mass is 32.2. The third-order valence-corrected chi connectivity index (χ3v) is 4.43. The molecule has 8 heteroatoms. The third-order valence-electron chi connectivity index (χ3n) is 3.03. The van der Waals surface area contributed by atoms with Crippen molar-refractivity contribution < 1.29 is 23.0 Å². The van der Waals surface area contributed by atoms with Crippen LogP contribution in [0.3, 0.4) is 0 Å². The zero-order valence-corrected chi connectivity index (χ0v) is 13.8. The molecule has 0 saturated heterocycles. The Labute approximate surface area is 141 Å². The largest absolute Gasteiger partial charge is 0.491 e. The van der Waals surface area contributed by atoms with Crippen molar-refractivity contribution in [2.45, 2.75) is 4.90 Å². The van der Waals surface area contributed by atoms with Crippen LogP contribution in [0.15, 0.2) is 53.4 Å². The average Bonchev–Trinajstić information content (AvgIpc) is 2.56. The third kappa shape index (κ3) is 5.41. The summed E-state index contributed by atoms with van der Waals surface area (Å²) in [5.74, 6) is 0.595. The number of nitrogens with one attached hydrogen (secondary N) is 1. The fourth-order valence-corrected chi connectivity index (χ4v) is 2.92. The van der Waals surface area contributed by atoms with Crippen LogP contribution in [0.25, 0.3) is 0 Å². The predicted molar refractivity (Wildman–Crippen MR) is 91.5 cm³/mol. The number of anilines is 2. The first-order valence-electron chi connectivity index (χ1n) is 7.31. The number of hydrogen-bond donors (Lipinski definition) is 3. The summed E-state index contributed by atoms with van der Waals surface area (Å²) < 4.78 is 37.5. The standard InChI is InChI=1S/C16H20N2O5S/c17-13-1-7-16(8-2-13)24(20,21)18-14-3-5-15(6-4-14)23-12-11-22-10-9-19/h1-8,18-19H,9-12,17H2. The van der Waals surface area contributed by atoms with Crippen molar-refractivity contribution in [2.24, 2.45) is 0 Å². The van der Waals surface area contributed by atoms with E-state index in [-0.39, 0.29) is 18.1 Å². The van der Waals surface area contributed by atoms with E-state index in [0.717, 1.165) is 0 Å². The molecule has 0 fully saturated rings. The smallest absolute Gasteiger partial charge is 0.261 e. The van der Waals surface area contributed by atoms with Crippen molar-refractivity contribution in [2.75, 3.05) is 36.9 Å². The molecule has 0 amide bonds. The number of aliphatic hydroxyl groups excluding tert-OH is 1. The van der Waals surface area contributed by atoms with Crippen molar-refractivity contribution in [3.8, 4) is 5.75 Å². The molecule has 0 aliphatic rings. The molecule has 0 aliphatic carbocycles. The van der Waals surface area contributed by atoms with E-state index in [0.29, 0.717) is 30.3 Å². The topological polar surface area (TPSA) is 111 Å². The second-order valence-electron chi connectivity index (χ2n) is 4.88. The Balaban J connectivity index is 1.92. The van der Waals surface area contributed by atoms with Crippen molar-refractivity contribution in [1.82, 2.24) is 0 Å². The molecule has 0 unspecified atom stereocenters. The number of benzene rings is 2. The van der Waals surface area contributed by atoms with Gasteiger partial charge >= 0.3 is 0 Å². The van der Waals surface area contributed by atoms with Crippen molar-refractivity contribution >= 4 is 21.4 Å². The predicted octanol–water partition coefficient (Wildman–Crippen LogP) is 1.46. The van der Waals surface area contributed by atoms with E-state index in [1.807, 2.05) is 0 Å². The van der Waals surface area contributed by atoms with Crippen molar-refractivity contribution in [1.29, 1.82) is 0 Å². The first kappa shape index (κ1) is 18.1. The van der Waals surface area contributed by atoms with E-state index in [4.69, 9.17) is 20.3 Å². The number of hydrogen-bond acceptors (Lipinski definition) is 6. The molecular weight excluding hydrogens is 332 g/mol. The molecule has 0 radical (unpaired) electrons. The fraction of sp³-hybridized carbons (Fsp3) is 0.250. The van der Waals surface area contributed by atoms with Gasteiger partial charge in [-0.2, -0.15) is 0 Å². The highest BCUT2D eigenvalue weighted by Gasteiger charge is 2.13. The molecule has 0 spiro atoms. The van der Waals surface area contributed by atoms with Crippen LogP contribution in [-0.4, -0.2) is 40.0 Å². The lowest BCUT2D eigenvalue weighted by Crippen LogP contribution is -2.13. The van der Waals surface area contributed by atoms with Gasteiger partial charge in [-0.25, -0.2) is 8.42 Å². The van der Waals surface area contributed by atoms with Crippen molar-refractivity contribution in [3.63, 3.8) is 0 Å². The molecule has 4 N–H and O–H groups in total. The highest BCUT2D eigenvalue weighted by molar-refractivity contribution is 7.92. The molecule has 0 aromatic heterocycles. The van der Waals surface area contributed by atoms with Crippen LogP contribution < -0.4 is 15.2 Å². The molecule has 130 valence electrons. The van der Waals surface area contributed by atoms with Gasteiger partial charge in [0.2, 0.25) is 0 Å². The number of sulfonamides is 1. The van der Waals surface area contributed by atoms with E-state index in [2.05, 4.69) is 4.72 Å². The Kier molecular flexibility index (Phi) is 6.42. The van der Waals surface area contributed by atoms with Crippen LogP contribution >= 0.6 is 0 Å². The molecule has 2 aromatic carbocycles. The number of nitrogens with two attached hydrogens (primary N) is 1. The quantitative estimate of drug-likeness (QED) is 0.465. The van der Waals surface area contributed by atoms with Crippen molar-refractivity contribution in [3.05, 3.63) is 48.5 Å².